The maximum absolute atomic E-state index is 8.93. The second-order valence-electron chi connectivity index (χ2n) is 2.31. The predicted molar refractivity (Wildman–Crippen MR) is 64.3 cm³/mol. The second kappa shape index (κ2) is 36.0. The zero-order chi connectivity index (χ0) is 15.4. The van der Waals surface area contributed by atoms with Crippen molar-refractivity contribution in [3.05, 3.63) is 0 Å². The van der Waals surface area contributed by atoms with E-state index < -0.39 is 11.9 Å². The summed E-state index contributed by atoms with van der Waals surface area (Å²) >= 11 is 0. The molecule has 0 heterocycles. The molecule has 0 atom stereocenters. The number of aliphatic carboxylic acids is 2. The number of carbonyl (C=O) groups excluding carboxylic acids is 2. The Morgan fingerprint density at radius 2 is 0.684 bits per heavy atom. The Morgan fingerprint density at radius 3 is 0.684 bits per heavy atom. The SMILES string of the molecule is NCCN.NCCN.NCCN.O=C([O-])C(=O)[O-].[Cu+2]. The van der Waals surface area contributed by atoms with E-state index in [-0.39, 0.29) is 17.1 Å². The molecule has 0 aliphatic carbocycles. The van der Waals surface area contributed by atoms with E-state index in [9.17, 15) is 0 Å². The van der Waals surface area contributed by atoms with Crippen LogP contribution in [-0.4, -0.2) is 51.2 Å². The van der Waals surface area contributed by atoms with Gasteiger partial charge in [0.2, 0.25) is 0 Å². The molecule has 0 unspecified atom stereocenters. The number of hydrogen-bond acceptors (Lipinski definition) is 10. The van der Waals surface area contributed by atoms with Crippen molar-refractivity contribution in [3.63, 3.8) is 0 Å². The van der Waals surface area contributed by atoms with Gasteiger partial charge in [-0.2, -0.15) is 0 Å². The van der Waals surface area contributed by atoms with Crippen LogP contribution in [0.4, 0.5) is 0 Å². The third kappa shape index (κ3) is 103. The third-order valence-electron chi connectivity index (χ3n) is 0.667. The molecule has 0 aliphatic heterocycles. The van der Waals surface area contributed by atoms with E-state index in [2.05, 4.69) is 0 Å². The summed E-state index contributed by atoms with van der Waals surface area (Å²) in [5.74, 6) is -4.37. The minimum Gasteiger partial charge on any atom is -0.543 e. The monoisotopic (exact) mass is 331 g/mol. The Bertz CT molecular complexity index is 148. The summed E-state index contributed by atoms with van der Waals surface area (Å²) < 4.78 is 0. The first-order valence-electron chi connectivity index (χ1n) is 5.02. The Balaban J connectivity index is -0.0000000459. The molecule has 0 aromatic carbocycles. The quantitative estimate of drug-likeness (QED) is 0.211. The number of carboxylic acids is 2. The van der Waals surface area contributed by atoms with Crippen LogP contribution in [0, 0.1) is 0 Å². The van der Waals surface area contributed by atoms with E-state index in [0.717, 1.165) is 0 Å². The van der Waals surface area contributed by atoms with Crippen molar-refractivity contribution in [3.8, 4) is 0 Å². The molecular formula is C8H24CuN6O4. The zero-order valence-electron chi connectivity index (χ0n) is 10.6. The molecule has 0 rings (SSSR count). The molecule has 121 valence electrons. The molecule has 0 saturated carbocycles. The summed E-state index contributed by atoms with van der Waals surface area (Å²) in [7, 11) is 0. The molecule has 0 spiro atoms. The van der Waals surface area contributed by atoms with Crippen molar-refractivity contribution >= 4 is 11.9 Å². The van der Waals surface area contributed by atoms with E-state index in [4.69, 9.17) is 54.2 Å². The molecule has 12 N–H and O–H groups in total. The fourth-order valence-electron chi connectivity index (χ4n) is 0. The molecular weight excluding hydrogens is 308 g/mol. The molecule has 11 heteroatoms. The largest absolute Gasteiger partial charge is 2.00 e. The van der Waals surface area contributed by atoms with Gasteiger partial charge in [0.15, 0.2) is 0 Å². The molecule has 0 aliphatic rings. The number of hydrogen-bond donors (Lipinski definition) is 6. The number of carboxylic acid groups (broad SMARTS) is 2. The summed E-state index contributed by atoms with van der Waals surface area (Å²) in [6.07, 6.45) is 0. The Morgan fingerprint density at radius 1 is 0.579 bits per heavy atom. The van der Waals surface area contributed by atoms with Gasteiger partial charge in [-0.25, -0.2) is 0 Å². The average molecular weight is 332 g/mol. The van der Waals surface area contributed by atoms with Crippen LogP contribution in [-0.2, 0) is 26.7 Å². The van der Waals surface area contributed by atoms with Crippen molar-refractivity contribution in [2.45, 2.75) is 0 Å². The van der Waals surface area contributed by atoms with E-state index in [0.29, 0.717) is 39.3 Å². The first-order valence-corrected chi connectivity index (χ1v) is 5.02. The summed E-state index contributed by atoms with van der Waals surface area (Å²) in [6, 6.07) is 0. The smallest absolute Gasteiger partial charge is 0.543 e. The van der Waals surface area contributed by atoms with Crippen LogP contribution in [0.3, 0.4) is 0 Å². The Kier molecular flexibility index (Phi) is 58.6. The van der Waals surface area contributed by atoms with Crippen LogP contribution in [0.25, 0.3) is 0 Å². The number of nitrogens with two attached hydrogens (primary N) is 6. The Hall–Kier alpha value is -0.781. The Labute approximate surface area is 123 Å². The molecule has 10 nitrogen and oxygen atoms in total. The molecule has 0 amide bonds. The van der Waals surface area contributed by atoms with E-state index in [1.165, 1.54) is 0 Å². The topological polar surface area (TPSA) is 236 Å². The molecule has 0 aromatic heterocycles. The van der Waals surface area contributed by atoms with Crippen LogP contribution in [0.1, 0.15) is 0 Å². The van der Waals surface area contributed by atoms with Gasteiger partial charge in [0.25, 0.3) is 0 Å². The average Bonchev–Trinajstić information content (AvgIpc) is 2.39. The van der Waals surface area contributed by atoms with Crippen molar-refractivity contribution in [1.82, 2.24) is 0 Å². The minimum absolute atomic E-state index is 0. The van der Waals surface area contributed by atoms with Gasteiger partial charge in [-0.1, -0.05) is 0 Å². The molecule has 1 radical (unpaired) electrons. The van der Waals surface area contributed by atoms with Gasteiger partial charge in [0, 0.05) is 39.3 Å². The number of rotatable bonds is 3. The normalized spacial score (nSPS) is 7.05. The van der Waals surface area contributed by atoms with Crippen LogP contribution >= 0.6 is 0 Å². The summed E-state index contributed by atoms with van der Waals surface area (Å²) in [4.78, 5) is 17.9. The van der Waals surface area contributed by atoms with Crippen LogP contribution in [0.2, 0.25) is 0 Å². The minimum atomic E-state index is -2.19. The predicted octanol–water partition coefficient (Wildman–Crippen LogP) is -6.80. The third-order valence-corrected chi connectivity index (χ3v) is 0.667. The van der Waals surface area contributed by atoms with Gasteiger partial charge in [-0.05, 0) is 0 Å². The van der Waals surface area contributed by atoms with Crippen molar-refractivity contribution in [1.29, 1.82) is 0 Å². The van der Waals surface area contributed by atoms with E-state index >= 15 is 0 Å². The van der Waals surface area contributed by atoms with Crippen LogP contribution in [0.15, 0.2) is 0 Å². The second-order valence-corrected chi connectivity index (χ2v) is 2.31. The van der Waals surface area contributed by atoms with Crippen LogP contribution in [0.5, 0.6) is 0 Å². The molecule has 0 saturated heterocycles. The zero-order valence-corrected chi connectivity index (χ0v) is 11.6. The van der Waals surface area contributed by atoms with Crippen molar-refractivity contribution < 1.29 is 36.9 Å². The molecule has 0 fully saturated rings. The standard InChI is InChI=1S/3C2H8N2.C2H2O4.Cu/c3*3-1-2-4;3-1(4)2(5)6;/h3*1-4H2;(H,3,4)(H,5,6);/q;;;;+2/p-2. The van der Waals surface area contributed by atoms with E-state index in [1.54, 1.807) is 0 Å². The molecule has 0 bridgehead atoms. The van der Waals surface area contributed by atoms with Gasteiger partial charge in [0.05, 0.1) is 11.9 Å². The van der Waals surface area contributed by atoms with Crippen molar-refractivity contribution in [2.75, 3.05) is 39.3 Å². The summed E-state index contributed by atoms with van der Waals surface area (Å²) in [5.41, 5.74) is 29.4. The van der Waals surface area contributed by atoms with Gasteiger partial charge in [0.1, 0.15) is 0 Å². The molecule has 19 heavy (non-hydrogen) atoms. The fraction of sp³-hybridized carbons (Fsp3) is 0.750. The van der Waals surface area contributed by atoms with Gasteiger partial charge in [-0.3, -0.25) is 0 Å². The van der Waals surface area contributed by atoms with Crippen LogP contribution < -0.4 is 44.6 Å². The maximum atomic E-state index is 8.93. The fourth-order valence-corrected chi connectivity index (χ4v) is 0. The summed E-state index contributed by atoms with van der Waals surface area (Å²) in [6.45, 7) is 3.58. The first kappa shape index (κ1) is 30.9. The van der Waals surface area contributed by atoms with Gasteiger partial charge >= 0.3 is 17.1 Å². The molecule has 0 aromatic rings. The number of carbonyl (C=O) groups is 2. The maximum Gasteiger partial charge on any atom is 2.00 e. The first-order chi connectivity index (χ1) is 8.39. The van der Waals surface area contributed by atoms with Gasteiger partial charge < -0.3 is 54.2 Å². The van der Waals surface area contributed by atoms with E-state index in [1.807, 2.05) is 0 Å². The summed E-state index contributed by atoms with van der Waals surface area (Å²) in [5, 5.41) is 17.9. The van der Waals surface area contributed by atoms with Crippen molar-refractivity contribution in [2.24, 2.45) is 34.4 Å². The van der Waals surface area contributed by atoms with Gasteiger partial charge in [-0.15, -0.1) is 0 Å².